The minimum atomic E-state index is 0.290. The van der Waals surface area contributed by atoms with E-state index in [1.165, 1.54) is 38.5 Å². The summed E-state index contributed by atoms with van der Waals surface area (Å²) in [5, 5.41) is 15.5. The van der Waals surface area contributed by atoms with Crippen molar-refractivity contribution in [1.29, 1.82) is 0 Å². The van der Waals surface area contributed by atoms with Gasteiger partial charge in [-0.3, -0.25) is 0 Å². The number of aliphatic imine (C=N–C) groups is 1. The maximum atomic E-state index is 6.35. The predicted octanol–water partition coefficient (Wildman–Crippen LogP) is 3.63. The Bertz CT molecular complexity index is 913. The zero-order valence-corrected chi connectivity index (χ0v) is 19.6. The third-order valence-electron chi connectivity index (χ3n) is 6.57. The molecule has 0 bridgehead atoms. The number of rotatable bonds is 8. The molecule has 2 aliphatic rings. The highest BCUT2D eigenvalue weighted by Crippen LogP contribution is 2.30. The zero-order chi connectivity index (χ0) is 22.3. The highest BCUT2D eigenvalue weighted by Gasteiger charge is 2.19. The first-order valence-electron chi connectivity index (χ1n) is 11.9. The molecule has 0 unspecified atom stereocenters. The average Bonchev–Trinajstić information content (AvgIpc) is 3.56. The second-order valence-corrected chi connectivity index (χ2v) is 8.86. The second-order valence-electron chi connectivity index (χ2n) is 8.86. The van der Waals surface area contributed by atoms with E-state index in [2.05, 4.69) is 26.9 Å². The fourth-order valence-corrected chi connectivity index (χ4v) is 4.44. The van der Waals surface area contributed by atoms with E-state index in [0.29, 0.717) is 19.1 Å². The number of nitrogens with one attached hydrogen (secondary N) is 2. The Kier molecular flexibility index (Phi) is 7.50. The lowest BCUT2D eigenvalue weighted by Crippen LogP contribution is -2.42. The number of hydrogen-bond donors (Lipinski definition) is 2. The van der Waals surface area contributed by atoms with Crippen LogP contribution < -0.4 is 20.1 Å². The summed E-state index contributed by atoms with van der Waals surface area (Å²) in [6.45, 7) is 3.06. The van der Waals surface area contributed by atoms with E-state index in [1.807, 2.05) is 30.7 Å². The highest BCUT2D eigenvalue weighted by atomic mass is 16.5. The third kappa shape index (κ3) is 5.72. The van der Waals surface area contributed by atoms with Crippen molar-refractivity contribution in [3.8, 4) is 11.5 Å². The van der Waals surface area contributed by atoms with Crippen LogP contribution in [0.1, 0.15) is 68.6 Å². The lowest BCUT2D eigenvalue weighted by molar-refractivity contribution is 0.207. The monoisotopic (exact) mass is 440 g/mol. The van der Waals surface area contributed by atoms with Gasteiger partial charge in [-0.05, 0) is 57.6 Å². The number of ether oxygens (including phenoxy) is 2. The zero-order valence-electron chi connectivity index (χ0n) is 19.6. The Labute approximate surface area is 190 Å². The third-order valence-corrected chi connectivity index (χ3v) is 6.57. The summed E-state index contributed by atoms with van der Waals surface area (Å²) in [5.41, 5.74) is 1.07. The van der Waals surface area contributed by atoms with Gasteiger partial charge in [0.15, 0.2) is 11.8 Å². The Morgan fingerprint density at radius 1 is 1.12 bits per heavy atom. The fourth-order valence-electron chi connectivity index (χ4n) is 4.44. The van der Waals surface area contributed by atoms with E-state index in [0.717, 1.165) is 47.5 Å². The summed E-state index contributed by atoms with van der Waals surface area (Å²) in [7, 11) is 3.67. The van der Waals surface area contributed by atoms with Crippen molar-refractivity contribution in [1.82, 2.24) is 25.4 Å². The molecule has 1 heterocycles. The minimum absolute atomic E-state index is 0.290. The Hall–Kier alpha value is -2.77. The van der Waals surface area contributed by atoms with Crippen LogP contribution in [-0.4, -0.2) is 40.0 Å². The van der Waals surface area contributed by atoms with E-state index >= 15 is 0 Å². The van der Waals surface area contributed by atoms with Gasteiger partial charge in [0.2, 0.25) is 0 Å². The van der Waals surface area contributed by atoms with Gasteiger partial charge in [0.1, 0.15) is 17.3 Å². The van der Waals surface area contributed by atoms with Gasteiger partial charge in [0.05, 0.1) is 26.3 Å². The molecule has 2 aliphatic carbocycles. The first-order valence-corrected chi connectivity index (χ1v) is 11.9. The average molecular weight is 441 g/mol. The smallest absolute Gasteiger partial charge is 0.192 e. The van der Waals surface area contributed by atoms with Crippen LogP contribution >= 0.6 is 0 Å². The molecule has 0 aliphatic heterocycles. The summed E-state index contributed by atoms with van der Waals surface area (Å²) >= 11 is 0. The Morgan fingerprint density at radius 2 is 1.88 bits per heavy atom. The summed E-state index contributed by atoms with van der Waals surface area (Å²) in [5.74, 6) is 4.28. The number of hydrogen-bond acceptors (Lipinski definition) is 5. The van der Waals surface area contributed by atoms with Crippen molar-refractivity contribution in [3.63, 3.8) is 0 Å². The van der Waals surface area contributed by atoms with Crippen LogP contribution in [0.5, 0.6) is 11.5 Å². The van der Waals surface area contributed by atoms with E-state index in [9.17, 15) is 0 Å². The normalized spacial score (nSPS) is 17.7. The molecule has 0 amide bonds. The van der Waals surface area contributed by atoms with Crippen molar-refractivity contribution in [2.45, 2.75) is 83.5 Å². The van der Waals surface area contributed by atoms with Gasteiger partial charge in [-0.25, -0.2) is 4.99 Å². The molecule has 0 spiro atoms. The van der Waals surface area contributed by atoms with Crippen LogP contribution in [0, 0.1) is 6.92 Å². The number of guanidine groups is 1. The van der Waals surface area contributed by atoms with Gasteiger partial charge < -0.3 is 24.7 Å². The standard InChI is InChI=1S/C24H36N6O2/c1-17-28-29-23(30(17)2)16-26-24(27-19-8-4-5-9-19)25-15-18-12-13-21(31-3)14-22(18)32-20-10-6-7-11-20/h12-14,19-20H,4-11,15-16H2,1-3H3,(H2,25,26,27). The molecule has 1 aromatic carbocycles. The minimum Gasteiger partial charge on any atom is -0.497 e. The molecule has 8 heteroatoms. The number of nitrogens with zero attached hydrogens (tertiary/aromatic N) is 4. The SMILES string of the molecule is COc1ccc(CN=C(NCc2nnc(C)n2C)NC2CCCC2)c(OC2CCCC2)c1. The van der Waals surface area contributed by atoms with Crippen molar-refractivity contribution in [2.75, 3.05) is 7.11 Å². The van der Waals surface area contributed by atoms with E-state index in [4.69, 9.17) is 14.5 Å². The fraction of sp³-hybridized carbons (Fsp3) is 0.625. The molecule has 2 saturated carbocycles. The second kappa shape index (κ2) is 10.7. The summed E-state index contributed by atoms with van der Waals surface area (Å²) < 4.78 is 13.8. The number of aryl methyl sites for hydroxylation is 1. The van der Waals surface area contributed by atoms with Gasteiger partial charge in [0, 0.05) is 24.7 Å². The molecule has 8 nitrogen and oxygen atoms in total. The van der Waals surface area contributed by atoms with Gasteiger partial charge in [0.25, 0.3) is 0 Å². The molecule has 2 N–H and O–H groups in total. The van der Waals surface area contributed by atoms with Gasteiger partial charge in [-0.15, -0.1) is 10.2 Å². The molecule has 2 fully saturated rings. The molecule has 174 valence electrons. The Morgan fingerprint density at radius 3 is 2.56 bits per heavy atom. The summed E-state index contributed by atoms with van der Waals surface area (Å²) in [6, 6.07) is 6.49. The number of aromatic nitrogens is 3. The predicted molar refractivity (Wildman–Crippen MR) is 125 cm³/mol. The molecule has 0 saturated heterocycles. The molecular weight excluding hydrogens is 404 g/mol. The number of methoxy groups -OCH3 is 1. The molecule has 32 heavy (non-hydrogen) atoms. The quantitative estimate of drug-likeness (QED) is 0.482. The first-order chi connectivity index (χ1) is 15.6. The first kappa shape index (κ1) is 22.4. The van der Waals surface area contributed by atoms with Gasteiger partial charge >= 0.3 is 0 Å². The van der Waals surface area contributed by atoms with Gasteiger partial charge in [-0.1, -0.05) is 12.8 Å². The van der Waals surface area contributed by atoms with Crippen molar-refractivity contribution in [2.24, 2.45) is 12.0 Å². The van der Waals surface area contributed by atoms with Crippen LogP contribution in [-0.2, 0) is 20.1 Å². The molecule has 0 radical (unpaired) electrons. The lowest BCUT2D eigenvalue weighted by Gasteiger charge is -2.19. The van der Waals surface area contributed by atoms with Crippen LogP contribution in [0.3, 0.4) is 0 Å². The van der Waals surface area contributed by atoms with Crippen molar-refractivity contribution < 1.29 is 9.47 Å². The molecule has 1 aromatic heterocycles. The van der Waals surface area contributed by atoms with E-state index < -0.39 is 0 Å². The molecule has 4 rings (SSSR count). The van der Waals surface area contributed by atoms with Crippen LogP contribution in [0.15, 0.2) is 23.2 Å². The molecular formula is C24H36N6O2. The maximum Gasteiger partial charge on any atom is 0.192 e. The van der Waals surface area contributed by atoms with E-state index in [-0.39, 0.29) is 6.10 Å². The van der Waals surface area contributed by atoms with Crippen molar-refractivity contribution in [3.05, 3.63) is 35.4 Å². The maximum absolute atomic E-state index is 6.35. The molecule has 0 atom stereocenters. The topological polar surface area (TPSA) is 85.6 Å². The van der Waals surface area contributed by atoms with Crippen LogP contribution in [0.4, 0.5) is 0 Å². The highest BCUT2D eigenvalue weighted by molar-refractivity contribution is 5.80. The largest absolute Gasteiger partial charge is 0.497 e. The van der Waals surface area contributed by atoms with Gasteiger partial charge in [-0.2, -0.15) is 0 Å². The van der Waals surface area contributed by atoms with E-state index in [1.54, 1.807) is 7.11 Å². The lowest BCUT2D eigenvalue weighted by atomic mass is 10.2. The number of benzene rings is 1. The van der Waals surface area contributed by atoms with Crippen LogP contribution in [0.2, 0.25) is 0 Å². The van der Waals surface area contributed by atoms with Crippen LogP contribution in [0.25, 0.3) is 0 Å². The summed E-state index contributed by atoms with van der Waals surface area (Å²) in [4.78, 5) is 4.92. The Balaban J connectivity index is 1.49. The summed E-state index contributed by atoms with van der Waals surface area (Å²) in [6.07, 6.45) is 9.91. The van der Waals surface area contributed by atoms with Crippen molar-refractivity contribution >= 4 is 5.96 Å². The molecule has 2 aromatic rings.